The van der Waals surface area contributed by atoms with Gasteiger partial charge in [0.25, 0.3) is 0 Å². The summed E-state index contributed by atoms with van der Waals surface area (Å²) in [5.41, 5.74) is 2.12. The molecule has 1 N–H and O–H groups in total. The smallest absolute Gasteiger partial charge is 0.242 e. The fraction of sp³-hybridized carbons (Fsp3) is 0.350. The van der Waals surface area contributed by atoms with Crippen molar-refractivity contribution in [1.29, 1.82) is 0 Å². The number of aryl methyl sites for hydroxylation is 1. The standard InChI is InChI=1S/C20H26N2O3S/c1-16-9-11-19(12-10-16)26(24,25)22(3)14-13-21-20(23)15-17(2)18-7-5-4-6-8-18/h4-12,17H,13-15H2,1-3H3,(H,21,23). The minimum absolute atomic E-state index is 0.0810. The van der Waals surface area contributed by atoms with Crippen molar-refractivity contribution in [3.63, 3.8) is 0 Å². The van der Waals surface area contributed by atoms with Crippen molar-refractivity contribution in [3.8, 4) is 0 Å². The van der Waals surface area contributed by atoms with Gasteiger partial charge in [-0.2, -0.15) is 4.31 Å². The van der Waals surface area contributed by atoms with Gasteiger partial charge in [-0.15, -0.1) is 0 Å². The van der Waals surface area contributed by atoms with E-state index in [2.05, 4.69) is 5.32 Å². The quantitative estimate of drug-likeness (QED) is 0.773. The molecule has 0 spiro atoms. The molecule has 1 atom stereocenters. The molecule has 1 amide bonds. The summed E-state index contributed by atoms with van der Waals surface area (Å²) in [4.78, 5) is 12.3. The molecule has 6 heteroatoms. The second-order valence-electron chi connectivity index (χ2n) is 6.51. The molecule has 140 valence electrons. The molecule has 0 heterocycles. The average molecular weight is 375 g/mol. The number of hydrogen-bond donors (Lipinski definition) is 1. The topological polar surface area (TPSA) is 66.5 Å². The number of hydrogen-bond acceptors (Lipinski definition) is 3. The Morgan fingerprint density at radius 3 is 2.31 bits per heavy atom. The lowest BCUT2D eigenvalue weighted by atomic mass is 9.98. The zero-order valence-electron chi connectivity index (χ0n) is 15.5. The van der Waals surface area contributed by atoms with Crippen LogP contribution in [-0.2, 0) is 14.8 Å². The van der Waals surface area contributed by atoms with Gasteiger partial charge in [-0.3, -0.25) is 4.79 Å². The summed E-state index contributed by atoms with van der Waals surface area (Å²) >= 11 is 0. The number of amides is 1. The fourth-order valence-electron chi connectivity index (χ4n) is 2.61. The molecule has 0 bridgehead atoms. The van der Waals surface area contributed by atoms with Crippen molar-refractivity contribution < 1.29 is 13.2 Å². The van der Waals surface area contributed by atoms with Gasteiger partial charge in [0.2, 0.25) is 15.9 Å². The minimum atomic E-state index is -3.54. The summed E-state index contributed by atoms with van der Waals surface area (Å²) in [6, 6.07) is 16.6. The van der Waals surface area contributed by atoms with E-state index in [0.717, 1.165) is 11.1 Å². The predicted molar refractivity (Wildman–Crippen MR) is 103 cm³/mol. The Hall–Kier alpha value is -2.18. The second-order valence-corrected chi connectivity index (χ2v) is 8.55. The highest BCUT2D eigenvalue weighted by Crippen LogP contribution is 2.18. The summed E-state index contributed by atoms with van der Waals surface area (Å²) in [6.45, 7) is 4.42. The first-order valence-corrected chi connectivity index (χ1v) is 10.1. The lowest BCUT2D eigenvalue weighted by Gasteiger charge is -2.18. The number of benzene rings is 2. The Morgan fingerprint density at radius 2 is 1.69 bits per heavy atom. The number of likely N-dealkylation sites (N-methyl/N-ethyl adjacent to an activating group) is 1. The van der Waals surface area contributed by atoms with Crippen molar-refractivity contribution in [3.05, 3.63) is 65.7 Å². The van der Waals surface area contributed by atoms with Crippen LogP contribution in [0, 0.1) is 6.92 Å². The van der Waals surface area contributed by atoms with Gasteiger partial charge in [0.05, 0.1) is 4.90 Å². The summed E-state index contributed by atoms with van der Waals surface area (Å²) in [6.07, 6.45) is 0.373. The molecule has 2 aromatic rings. The van der Waals surface area contributed by atoms with E-state index in [0.29, 0.717) is 6.42 Å². The van der Waals surface area contributed by atoms with E-state index in [1.165, 1.54) is 11.4 Å². The molecule has 0 aliphatic rings. The molecule has 5 nitrogen and oxygen atoms in total. The van der Waals surface area contributed by atoms with Crippen LogP contribution in [0.5, 0.6) is 0 Å². The molecule has 0 saturated carbocycles. The van der Waals surface area contributed by atoms with Crippen molar-refractivity contribution in [2.45, 2.75) is 31.1 Å². The van der Waals surface area contributed by atoms with E-state index in [-0.39, 0.29) is 29.8 Å². The van der Waals surface area contributed by atoms with Crippen LogP contribution in [0.3, 0.4) is 0 Å². The van der Waals surface area contributed by atoms with Crippen LogP contribution < -0.4 is 5.32 Å². The van der Waals surface area contributed by atoms with Crippen LogP contribution in [0.1, 0.15) is 30.4 Å². The van der Waals surface area contributed by atoms with E-state index in [1.807, 2.05) is 44.2 Å². The van der Waals surface area contributed by atoms with Gasteiger partial charge in [0.15, 0.2) is 0 Å². The fourth-order valence-corrected chi connectivity index (χ4v) is 3.78. The first-order valence-electron chi connectivity index (χ1n) is 8.65. The lowest BCUT2D eigenvalue weighted by molar-refractivity contribution is -0.121. The van der Waals surface area contributed by atoms with E-state index in [9.17, 15) is 13.2 Å². The van der Waals surface area contributed by atoms with Crippen LogP contribution in [0.4, 0.5) is 0 Å². The number of carbonyl (C=O) groups is 1. The Labute approximate surface area is 156 Å². The normalized spacial score (nSPS) is 12.8. The highest BCUT2D eigenvalue weighted by Gasteiger charge is 2.20. The molecule has 0 aliphatic heterocycles. The molecule has 2 rings (SSSR count). The number of sulfonamides is 1. The molecule has 0 fully saturated rings. The van der Waals surface area contributed by atoms with Crippen LogP contribution >= 0.6 is 0 Å². The summed E-state index contributed by atoms with van der Waals surface area (Å²) in [5, 5.41) is 2.80. The third-order valence-electron chi connectivity index (χ3n) is 4.34. The van der Waals surface area contributed by atoms with Crippen molar-refractivity contribution in [1.82, 2.24) is 9.62 Å². The van der Waals surface area contributed by atoms with Gasteiger partial charge in [-0.05, 0) is 30.5 Å². The van der Waals surface area contributed by atoms with E-state index in [4.69, 9.17) is 0 Å². The summed E-state index contributed by atoms with van der Waals surface area (Å²) in [7, 11) is -2.02. The number of carbonyl (C=O) groups excluding carboxylic acids is 1. The molecular formula is C20H26N2O3S. The second kappa shape index (κ2) is 8.96. The van der Waals surface area contributed by atoms with Gasteiger partial charge in [0.1, 0.15) is 0 Å². The van der Waals surface area contributed by atoms with Crippen molar-refractivity contribution >= 4 is 15.9 Å². The van der Waals surface area contributed by atoms with Crippen molar-refractivity contribution in [2.75, 3.05) is 20.1 Å². The predicted octanol–water partition coefficient (Wildman–Crippen LogP) is 2.93. The van der Waals surface area contributed by atoms with Crippen LogP contribution in [0.2, 0.25) is 0 Å². The molecule has 2 aromatic carbocycles. The minimum Gasteiger partial charge on any atom is -0.355 e. The molecule has 1 unspecified atom stereocenters. The first kappa shape index (κ1) is 20.1. The maximum atomic E-state index is 12.5. The van der Waals surface area contributed by atoms with Gasteiger partial charge in [-0.25, -0.2) is 8.42 Å². The summed E-state index contributed by atoms with van der Waals surface area (Å²) in [5.74, 6) is 0.0349. The van der Waals surface area contributed by atoms with E-state index in [1.54, 1.807) is 24.3 Å². The maximum Gasteiger partial charge on any atom is 0.242 e. The van der Waals surface area contributed by atoms with E-state index >= 15 is 0 Å². The number of nitrogens with zero attached hydrogens (tertiary/aromatic N) is 1. The number of nitrogens with one attached hydrogen (secondary N) is 1. The lowest BCUT2D eigenvalue weighted by Crippen LogP contribution is -2.36. The molecule has 0 aliphatic carbocycles. The van der Waals surface area contributed by atoms with Crippen LogP contribution in [-0.4, -0.2) is 38.8 Å². The van der Waals surface area contributed by atoms with Gasteiger partial charge in [0, 0.05) is 26.6 Å². The Bertz CT molecular complexity index is 818. The van der Waals surface area contributed by atoms with Gasteiger partial charge in [-0.1, -0.05) is 55.0 Å². The Morgan fingerprint density at radius 1 is 1.08 bits per heavy atom. The highest BCUT2D eigenvalue weighted by atomic mass is 32.2. The zero-order valence-corrected chi connectivity index (χ0v) is 16.3. The molecular weight excluding hydrogens is 348 g/mol. The third-order valence-corrected chi connectivity index (χ3v) is 6.21. The van der Waals surface area contributed by atoms with Crippen molar-refractivity contribution in [2.24, 2.45) is 0 Å². The molecule has 0 saturated heterocycles. The Kier molecular flexibility index (Phi) is 6.94. The SMILES string of the molecule is Cc1ccc(S(=O)(=O)N(C)CCNC(=O)CC(C)c2ccccc2)cc1. The summed E-state index contributed by atoms with van der Waals surface area (Å²) < 4.78 is 26.3. The highest BCUT2D eigenvalue weighted by molar-refractivity contribution is 7.89. The largest absolute Gasteiger partial charge is 0.355 e. The Balaban J connectivity index is 1.83. The monoisotopic (exact) mass is 374 g/mol. The first-order chi connectivity index (χ1) is 12.3. The average Bonchev–Trinajstić information content (AvgIpc) is 2.62. The zero-order chi connectivity index (χ0) is 19.2. The van der Waals surface area contributed by atoms with Gasteiger partial charge >= 0.3 is 0 Å². The maximum absolute atomic E-state index is 12.5. The van der Waals surface area contributed by atoms with Crippen LogP contribution in [0.25, 0.3) is 0 Å². The molecule has 26 heavy (non-hydrogen) atoms. The van der Waals surface area contributed by atoms with E-state index < -0.39 is 10.0 Å². The third kappa shape index (κ3) is 5.41. The molecule has 0 aromatic heterocycles. The number of rotatable bonds is 8. The van der Waals surface area contributed by atoms with Crippen LogP contribution in [0.15, 0.2) is 59.5 Å². The molecule has 0 radical (unpaired) electrons. The van der Waals surface area contributed by atoms with Gasteiger partial charge < -0.3 is 5.32 Å².